The number of sulfonamides is 1. The van der Waals surface area contributed by atoms with Crippen molar-refractivity contribution in [3.05, 3.63) is 83.9 Å². The highest BCUT2D eigenvalue weighted by atomic mass is 35.5. The molecule has 5 nitrogen and oxygen atoms in total. The quantitative estimate of drug-likeness (QED) is 0.484. The predicted molar refractivity (Wildman–Crippen MR) is 129 cm³/mol. The molecule has 2 saturated heterocycles. The van der Waals surface area contributed by atoms with Crippen LogP contribution in [0.25, 0.3) is 11.1 Å². The van der Waals surface area contributed by atoms with Crippen LogP contribution in [-0.4, -0.2) is 38.5 Å². The van der Waals surface area contributed by atoms with E-state index in [0.717, 1.165) is 11.1 Å². The van der Waals surface area contributed by atoms with Gasteiger partial charge in [0.25, 0.3) is 0 Å². The van der Waals surface area contributed by atoms with Gasteiger partial charge in [-0.25, -0.2) is 16.8 Å². The second kappa shape index (κ2) is 8.55. The molecule has 0 radical (unpaired) electrons. The van der Waals surface area contributed by atoms with Crippen LogP contribution in [0.1, 0.15) is 25.7 Å². The lowest BCUT2D eigenvalue weighted by Gasteiger charge is -2.37. The normalized spacial score (nSPS) is 23.5. The molecule has 2 bridgehead atoms. The van der Waals surface area contributed by atoms with E-state index in [1.807, 2.05) is 18.2 Å². The largest absolute Gasteiger partial charge is 0.243 e. The Bertz CT molecular complexity index is 1360. The monoisotopic (exact) mass is 501 g/mol. The van der Waals surface area contributed by atoms with Gasteiger partial charge in [0.15, 0.2) is 9.84 Å². The van der Waals surface area contributed by atoms with E-state index >= 15 is 0 Å². The van der Waals surface area contributed by atoms with Gasteiger partial charge in [0.1, 0.15) is 0 Å². The van der Waals surface area contributed by atoms with Gasteiger partial charge >= 0.3 is 0 Å². The van der Waals surface area contributed by atoms with Gasteiger partial charge < -0.3 is 0 Å². The number of halogens is 1. The van der Waals surface area contributed by atoms with Gasteiger partial charge in [0, 0.05) is 17.1 Å². The van der Waals surface area contributed by atoms with Crippen molar-refractivity contribution >= 4 is 31.5 Å². The molecule has 2 atom stereocenters. The highest BCUT2D eigenvalue weighted by Crippen LogP contribution is 2.43. The fourth-order valence-electron chi connectivity index (χ4n) is 5.14. The number of rotatable bonds is 5. The van der Waals surface area contributed by atoms with Crippen molar-refractivity contribution in [1.29, 1.82) is 0 Å². The van der Waals surface area contributed by atoms with Gasteiger partial charge in [-0.1, -0.05) is 54.1 Å². The second-order valence-electron chi connectivity index (χ2n) is 8.71. The van der Waals surface area contributed by atoms with Crippen LogP contribution >= 0.6 is 11.6 Å². The summed E-state index contributed by atoms with van der Waals surface area (Å²) in [5, 5.41) is 0.0585. The Morgan fingerprint density at radius 3 is 1.94 bits per heavy atom. The van der Waals surface area contributed by atoms with Crippen molar-refractivity contribution in [2.45, 2.75) is 52.8 Å². The molecule has 2 aliphatic rings. The Kier molecular flexibility index (Phi) is 5.85. The van der Waals surface area contributed by atoms with Crippen molar-refractivity contribution in [3.8, 4) is 11.1 Å². The number of sulfone groups is 1. The highest BCUT2D eigenvalue weighted by Gasteiger charge is 2.50. The first kappa shape index (κ1) is 22.6. The molecule has 8 heteroatoms. The molecule has 0 aliphatic carbocycles. The summed E-state index contributed by atoms with van der Waals surface area (Å²) in [5.41, 5.74) is 1.80. The van der Waals surface area contributed by atoms with E-state index < -0.39 is 25.1 Å². The summed E-state index contributed by atoms with van der Waals surface area (Å²) in [6.45, 7) is 0. The minimum Gasteiger partial charge on any atom is -0.223 e. The SMILES string of the molecule is O=S(=O)(c1ccccc1)C1CC2CCC(C1)N2S(=O)(=O)c1ccc(-c2cccc(Cl)c2)cc1. The first-order valence-electron chi connectivity index (χ1n) is 11.0. The molecule has 3 aromatic rings. The predicted octanol–water partition coefficient (Wildman–Crippen LogP) is 5.17. The maximum absolute atomic E-state index is 13.5. The Balaban J connectivity index is 1.39. The van der Waals surface area contributed by atoms with Crippen LogP contribution in [0.4, 0.5) is 0 Å². The number of hydrogen-bond acceptors (Lipinski definition) is 4. The molecule has 0 spiro atoms. The third-order valence-electron chi connectivity index (χ3n) is 6.72. The molecule has 2 aliphatic heterocycles. The van der Waals surface area contributed by atoms with Gasteiger partial charge in [-0.05, 0) is 73.2 Å². The zero-order chi connectivity index (χ0) is 23.2. The molecule has 2 unspecified atom stereocenters. The third-order valence-corrected chi connectivity index (χ3v) is 11.2. The minimum atomic E-state index is -3.73. The Morgan fingerprint density at radius 2 is 1.33 bits per heavy atom. The van der Waals surface area contributed by atoms with Crippen molar-refractivity contribution < 1.29 is 16.8 Å². The summed E-state index contributed by atoms with van der Waals surface area (Å²) in [7, 11) is -7.22. The molecule has 0 saturated carbocycles. The van der Waals surface area contributed by atoms with Crippen LogP contribution < -0.4 is 0 Å². The van der Waals surface area contributed by atoms with Crippen LogP contribution in [0.5, 0.6) is 0 Å². The van der Waals surface area contributed by atoms with Gasteiger partial charge in [0.05, 0.1) is 15.0 Å². The summed E-state index contributed by atoms with van der Waals surface area (Å²) in [5.74, 6) is 0. The lowest BCUT2D eigenvalue weighted by atomic mass is 10.1. The van der Waals surface area contributed by atoms with E-state index in [2.05, 4.69) is 0 Å². The smallest absolute Gasteiger partial charge is 0.223 e. The van der Waals surface area contributed by atoms with Crippen LogP contribution in [0.15, 0.2) is 88.7 Å². The summed E-state index contributed by atoms with van der Waals surface area (Å²) in [4.78, 5) is 0.539. The van der Waals surface area contributed by atoms with E-state index in [1.54, 1.807) is 65.0 Å². The number of hydrogen-bond donors (Lipinski definition) is 0. The Labute approximate surface area is 200 Å². The maximum atomic E-state index is 13.5. The summed E-state index contributed by atoms with van der Waals surface area (Å²) < 4.78 is 54.9. The first-order valence-corrected chi connectivity index (χ1v) is 14.3. The van der Waals surface area contributed by atoms with Crippen LogP contribution in [0, 0.1) is 0 Å². The van der Waals surface area contributed by atoms with Crippen LogP contribution in [-0.2, 0) is 19.9 Å². The van der Waals surface area contributed by atoms with Gasteiger partial charge in [-0.2, -0.15) is 4.31 Å². The molecular formula is C25H24ClNO4S2. The molecule has 0 N–H and O–H groups in total. The Morgan fingerprint density at radius 1 is 0.697 bits per heavy atom. The topological polar surface area (TPSA) is 71.5 Å². The number of benzene rings is 3. The summed E-state index contributed by atoms with van der Waals surface area (Å²) in [6, 6.07) is 22.1. The fourth-order valence-corrected chi connectivity index (χ4v) is 9.10. The van der Waals surface area contributed by atoms with E-state index in [4.69, 9.17) is 11.6 Å². The second-order valence-corrected chi connectivity index (χ2v) is 13.2. The molecule has 0 amide bonds. The van der Waals surface area contributed by atoms with Crippen LogP contribution in [0.3, 0.4) is 0 Å². The highest BCUT2D eigenvalue weighted by molar-refractivity contribution is 7.92. The maximum Gasteiger partial charge on any atom is 0.243 e. The average Bonchev–Trinajstić information content (AvgIpc) is 3.10. The standard InChI is InChI=1S/C25H24ClNO4S2/c26-20-6-4-5-19(15-20)18-9-13-24(14-10-18)33(30,31)27-21-11-12-22(27)17-25(16-21)32(28,29)23-7-2-1-3-8-23/h1-10,13-15,21-22,25H,11-12,16-17H2. The fraction of sp³-hybridized carbons (Fsp3) is 0.280. The molecule has 33 heavy (non-hydrogen) atoms. The number of nitrogens with zero attached hydrogens (tertiary/aromatic N) is 1. The van der Waals surface area contributed by atoms with Gasteiger partial charge in [-0.3, -0.25) is 0 Å². The lowest BCUT2D eigenvalue weighted by Crippen LogP contribution is -2.49. The van der Waals surface area contributed by atoms with Crippen molar-refractivity contribution in [2.75, 3.05) is 0 Å². The summed E-state index contributed by atoms with van der Waals surface area (Å²) in [6.07, 6.45) is 2.03. The molecule has 2 heterocycles. The molecule has 2 fully saturated rings. The summed E-state index contributed by atoms with van der Waals surface area (Å²) >= 11 is 6.08. The third kappa shape index (κ3) is 4.12. The number of fused-ring (bicyclic) bond motifs is 2. The average molecular weight is 502 g/mol. The van der Waals surface area contributed by atoms with E-state index in [9.17, 15) is 16.8 Å². The molecule has 172 valence electrons. The van der Waals surface area contributed by atoms with Crippen molar-refractivity contribution in [1.82, 2.24) is 4.31 Å². The van der Waals surface area contributed by atoms with E-state index in [0.29, 0.717) is 35.6 Å². The molecule has 3 aromatic carbocycles. The Hall–Kier alpha value is -2.19. The first-order chi connectivity index (χ1) is 15.8. The van der Waals surface area contributed by atoms with Gasteiger partial charge in [-0.15, -0.1) is 0 Å². The van der Waals surface area contributed by atoms with Crippen molar-refractivity contribution in [2.24, 2.45) is 0 Å². The van der Waals surface area contributed by atoms with E-state index in [1.165, 1.54) is 0 Å². The minimum absolute atomic E-state index is 0.231. The van der Waals surface area contributed by atoms with Crippen LogP contribution in [0.2, 0.25) is 5.02 Å². The van der Waals surface area contributed by atoms with E-state index in [-0.39, 0.29) is 17.0 Å². The van der Waals surface area contributed by atoms with Gasteiger partial charge in [0.2, 0.25) is 10.0 Å². The molecular weight excluding hydrogens is 478 g/mol. The molecule has 0 aromatic heterocycles. The van der Waals surface area contributed by atoms with Crippen molar-refractivity contribution in [3.63, 3.8) is 0 Å². The molecule has 5 rings (SSSR count). The number of piperidine rings is 1. The zero-order valence-electron chi connectivity index (χ0n) is 17.8. The lowest BCUT2D eigenvalue weighted by molar-refractivity contribution is 0.249. The zero-order valence-corrected chi connectivity index (χ0v) is 20.2.